The number of aliphatic hydroxyl groups excluding tert-OH is 1. The average molecular weight is 247 g/mol. The van der Waals surface area contributed by atoms with Gasteiger partial charge in [0.25, 0.3) is 0 Å². The number of likely N-dealkylation sites (N-methyl/N-ethyl adjacent to an activating group) is 1. The summed E-state index contributed by atoms with van der Waals surface area (Å²) in [5.41, 5.74) is 3.27. The summed E-state index contributed by atoms with van der Waals surface area (Å²) < 4.78 is 0. The zero-order valence-corrected chi connectivity index (χ0v) is 10.5. The maximum atomic E-state index is 9.24. The molecule has 1 aromatic carbocycles. The van der Waals surface area contributed by atoms with Gasteiger partial charge < -0.3 is 10.0 Å². The lowest BCUT2D eigenvalue weighted by molar-refractivity contribution is 0.270. The predicted octanol–water partition coefficient (Wildman–Crippen LogP) is 0.732. The van der Waals surface area contributed by atoms with E-state index in [0.29, 0.717) is 5.95 Å². The van der Waals surface area contributed by atoms with Crippen molar-refractivity contribution in [2.24, 2.45) is 5.84 Å². The summed E-state index contributed by atoms with van der Waals surface area (Å²) >= 11 is 0. The van der Waals surface area contributed by atoms with Gasteiger partial charge in [0.2, 0.25) is 5.95 Å². The van der Waals surface area contributed by atoms with Gasteiger partial charge in [-0.2, -0.15) is 4.98 Å². The van der Waals surface area contributed by atoms with E-state index in [9.17, 15) is 5.11 Å². The first-order chi connectivity index (χ1) is 8.67. The monoisotopic (exact) mass is 247 g/mol. The Balaban J connectivity index is 2.60. The molecule has 96 valence electrons. The number of anilines is 2. The van der Waals surface area contributed by atoms with Crippen molar-refractivity contribution < 1.29 is 5.11 Å². The summed E-state index contributed by atoms with van der Waals surface area (Å²) in [6.45, 7) is 1.98. The maximum Gasteiger partial charge on any atom is 0.239 e. The molecule has 1 atom stereocenters. The first-order valence-corrected chi connectivity index (χ1v) is 5.74. The van der Waals surface area contributed by atoms with Gasteiger partial charge in [0, 0.05) is 12.4 Å². The fourth-order valence-corrected chi connectivity index (χ4v) is 1.72. The smallest absolute Gasteiger partial charge is 0.239 e. The Hall–Kier alpha value is -1.92. The van der Waals surface area contributed by atoms with Crippen molar-refractivity contribution in [2.45, 2.75) is 13.0 Å². The van der Waals surface area contributed by atoms with Crippen molar-refractivity contribution in [3.63, 3.8) is 0 Å². The number of hydrazine groups is 1. The maximum absolute atomic E-state index is 9.24. The molecule has 0 aliphatic carbocycles. The van der Waals surface area contributed by atoms with Gasteiger partial charge in [-0.1, -0.05) is 12.1 Å². The second kappa shape index (κ2) is 5.16. The first kappa shape index (κ1) is 12.5. The lowest BCUT2D eigenvalue weighted by atomic mass is 10.2. The van der Waals surface area contributed by atoms with Crippen molar-refractivity contribution in [2.75, 3.05) is 24.0 Å². The molecule has 0 fully saturated rings. The van der Waals surface area contributed by atoms with Crippen molar-refractivity contribution >= 4 is 22.7 Å². The van der Waals surface area contributed by atoms with Crippen LogP contribution in [0.25, 0.3) is 10.9 Å². The second-order valence-corrected chi connectivity index (χ2v) is 4.17. The molecule has 0 amide bonds. The lowest BCUT2D eigenvalue weighted by Crippen LogP contribution is -2.33. The highest BCUT2D eigenvalue weighted by Crippen LogP contribution is 2.25. The largest absolute Gasteiger partial charge is 0.394 e. The van der Waals surface area contributed by atoms with E-state index in [0.717, 1.165) is 16.7 Å². The van der Waals surface area contributed by atoms with Crippen LogP contribution >= 0.6 is 0 Å². The lowest BCUT2D eigenvalue weighted by Gasteiger charge is -2.25. The fraction of sp³-hybridized carbons (Fsp3) is 0.333. The van der Waals surface area contributed by atoms with Gasteiger partial charge in [-0.25, -0.2) is 10.8 Å². The normalized spacial score (nSPS) is 12.4. The summed E-state index contributed by atoms with van der Waals surface area (Å²) in [6, 6.07) is 7.66. The van der Waals surface area contributed by atoms with Crippen LogP contribution in [-0.2, 0) is 0 Å². The fourth-order valence-electron chi connectivity index (χ4n) is 1.72. The van der Waals surface area contributed by atoms with E-state index >= 15 is 0 Å². The molecule has 4 N–H and O–H groups in total. The number of nitrogen functional groups attached to an aromatic ring is 1. The Morgan fingerprint density at radius 2 is 2.11 bits per heavy atom. The number of benzene rings is 1. The van der Waals surface area contributed by atoms with Gasteiger partial charge in [0.05, 0.1) is 18.2 Å². The number of nitrogens with zero attached hydrogens (tertiary/aromatic N) is 3. The van der Waals surface area contributed by atoms with Crippen LogP contribution in [0.1, 0.15) is 6.92 Å². The number of nitrogens with one attached hydrogen (secondary N) is 1. The number of aromatic nitrogens is 2. The van der Waals surface area contributed by atoms with E-state index in [-0.39, 0.29) is 12.6 Å². The van der Waals surface area contributed by atoms with Crippen LogP contribution < -0.4 is 16.2 Å². The number of nitrogens with two attached hydrogens (primary N) is 1. The number of para-hydroxylation sites is 1. The highest BCUT2D eigenvalue weighted by atomic mass is 16.3. The molecule has 1 heterocycles. The van der Waals surface area contributed by atoms with Crippen LogP contribution in [-0.4, -0.2) is 34.8 Å². The number of hydrogen-bond donors (Lipinski definition) is 3. The summed E-state index contributed by atoms with van der Waals surface area (Å²) in [4.78, 5) is 10.5. The van der Waals surface area contributed by atoms with E-state index in [1.807, 2.05) is 43.1 Å². The molecule has 6 nitrogen and oxygen atoms in total. The highest BCUT2D eigenvalue weighted by Gasteiger charge is 2.15. The Morgan fingerprint density at radius 1 is 1.39 bits per heavy atom. The van der Waals surface area contributed by atoms with Gasteiger partial charge in [0.15, 0.2) is 0 Å². The number of aliphatic hydroxyl groups is 1. The molecule has 2 aromatic rings. The number of fused-ring (bicyclic) bond motifs is 1. The summed E-state index contributed by atoms with van der Waals surface area (Å²) in [5, 5.41) is 10.2. The number of hydrogen-bond acceptors (Lipinski definition) is 6. The zero-order chi connectivity index (χ0) is 13.1. The van der Waals surface area contributed by atoms with Crippen LogP contribution in [0.2, 0.25) is 0 Å². The van der Waals surface area contributed by atoms with Gasteiger partial charge in [0.1, 0.15) is 5.82 Å². The zero-order valence-electron chi connectivity index (χ0n) is 10.5. The minimum atomic E-state index is -0.0334. The molecule has 0 saturated carbocycles. The molecule has 0 aliphatic heterocycles. The summed E-state index contributed by atoms with van der Waals surface area (Å²) in [6.07, 6.45) is 0. The van der Waals surface area contributed by atoms with Crippen LogP contribution in [0, 0.1) is 0 Å². The third-order valence-corrected chi connectivity index (χ3v) is 2.97. The summed E-state index contributed by atoms with van der Waals surface area (Å²) in [5.74, 6) is 6.48. The average Bonchev–Trinajstić information content (AvgIpc) is 2.44. The molecule has 1 aromatic heterocycles. The van der Waals surface area contributed by atoms with Crippen molar-refractivity contribution in [1.82, 2.24) is 9.97 Å². The van der Waals surface area contributed by atoms with Gasteiger partial charge in [-0.3, -0.25) is 5.43 Å². The van der Waals surface area contributed by atoms with Crippen molar-refractivity contribution in [1.29, 1.82) is 0 Å². The van der Waals surface area contributed by atoms with E-state index in [4.69, 9.17) is 5.84 Å². The minimum absolute atomic E-state index is 0.0334. The van der Waals surface area contributed by atoms with Crippen LogP contribution in [0.3, 0.4) is 0 Å². The van der Waals surface area contributed by atoms with Crippen molar-refractivity contribution in [3.05, 3.63) is 24.3 Å². The highest BCUT2D eigenvalue weighted by molar-refractivity contribution is 5.90. The molecule has 2 rings (SSSR count). The van der Waals surface area contributed by atoms with E-state index in [1.54, 1.807) is 0 Å². The molecule has 0 saturated heterocycles. The molecule has 1 unspecified atom stereocenters. The van der Waals surface area contributed by atoms with E-state index in [2.05, 4.69) is 15.4 Å². The molecule has 6 heteroatoms. The molecule has 0 radical (unpaired) electrons. The van der Waals surface area contributed by atoms with E-state index < -0.39 is 0 Å². The predicted molar refractivity (Wildman–Crippen MR) is 72.3 cm³/mol. The summed E-state index contributed by atoms with van der Waals surface area (Å²) in [7, 11) is 1.88. The van der Waals surface area contributed by atoms with Crippen molar-refractivity contribution in [3.8, 4) is 0 Å². The quantitative estimate of drug-likeness (QED) is 0.545. The van der Waals surface area contributed by atoms with Gasteiger partial charge in [-0.05, 0) is 19.1 Å². The second-order valence-electron chi connectivity index (χ2n) is 4.17. The Morgan fingerprint density at radius 3 is 2.78 bits per heavy atom. The minimum Gasteiger partial charge on any atom is -0.394 e. The molecule has 0 spiro atoms. The topological polar surface area (TPSA) is 87.3 Å². The van der Waals surface area contributed by atoms with Gasteiger partial charge in [-0.15, -0.1) is 0 Å². The Bertz CT molecular complexity index is 545. The third kappa shape index (κ3) is 2.20. The van der Waals surface area contributed by atoms with Crippen LogP contribution in [0.4, 0.5) is 11.8 Å². The van der Waals surface area contributed by atoms with Crippen LogP contribution in [0.15, 0.2) is 24.3 Å². The SMILES string of the molecule is CC(CO)N(C)c1nc(NN)nc2ccccc12. The van der Waals surface area contributed by atoms with Gasteiger partial charge >= 0.3 is 0 Å². The first-order valence-electron chi connectivity index (χ1n) is 5.74. The van der Waals surface area contributed by atoms with E-state index in [1.165, 1.54) is 0 Å². The number of rotatable bonds is 4. The molecule has 0 bridgehead atoms. The van der Waals surface area contributed by atoms with Crippen LogP contribution in [0.5, 0.6) is 0 Å². The molecular weight excluding hydrogens is 230 g/mol. The molecule has 18 heavy (non-hydrogen) atoms. The Labute approximate surface area is 105 Å². The Kier molecular flexibility index (Phi) is 3.59. The standard InChI is InChI=1S/C12H17N5O/c1-8(7-18)17(2)11-9-5-3-4-6-10(9)14-12(15-11)16-13/h3-6,8,18H,7,13H2,1-2H3,(H,14,15,16). The molecule has 0 aliphatic rings. The molecular formula is C12H17N5O. The third-order valence-electron chi connectivity index (χ3n) is 2.97.